The minimum absolute atomic E-state index is 0.00150. The van der Waals surface area contributed by atoms with E-state index in [1.54, 1.807) is 24.3 Å². The summed E-state index contributed by atoms with van der Waals surface area (Å²) in [5.41, 5.74) is 2.53. The van der Waals surface area contributed by atoms with Gasteiger partial charge in [-0.25, -0.2) is 4.98 Å². The van der Waals surface area contributed by atoms with E-state index in [9.17, 15) is 4.79 Å². The van der Waals surface area contributed by atoms with Crippen molar-refractivity contribution in [2.75, 3.05) is 5.75 Å². The van der Waals surface area contributed by atoms with Gasteiger partial charge < -0.3 is 0 Å². The first kappa shape index (κ1) is 17.0. The molecule has 0 atom stereocenters. The number of hydrogen-bond acceptors (Lipinski definition) is 4. The number of aryl methyl sites for hydroxylation is 1. The lowest BCUT2D eigenvalue weighted by molar-refractivity contribution is 0.102. The Bertz CT molecular complexity index is 858. The summed E-state index contributed by atoms with van der Waals surface area (Å²) in [5, 5.41) is 8.79. The van der Waals surface area contributed by atoms with Crippen LogP contribution in [0.25, 0.3) is 11.4 Å². The van der Waals surface area contributed by atoms with Crippen LogP contribution in [0.5, 0.6) is 0 Å². The predicted molar refractivity (Wildman–Crippen MR) is 98.1 cm³/mol. The highest BCUT2D eigenvalue weighted by atomic mass is 35.5. The molecule has 4 nitrogen and oxygen atoms in total. The maximum absolute atomic E-state index is 12.1. The summed E-state index contributed by atoms with van der Waals surface area (Å²) in [6.45, 7) is 1.96. The smallest absolute Gasteiger partial charge is 0.209 e. The molecule has 3 aromatic rings. The van der Waals surface area contributed by atoms with Crippen LogP contribution in [0.4, 0.5) is 0 Å². The number of Topliss-reactive ketones (excluding diaryl/α,β-unsaturated/α-hetero) is 1. The van der Waals surface area contributed by atoms with Crippen molar-refractivity contribution in [3.05, 3.63) is 63.6 Å². The molecule has 0 saturated heterocycles. The number of thioether (sulfide) groups is 1. The number of halogens is 2. The highest BCUT2D eigenvalue weighted by molar-refractivity contribution is 7.99. The largest absolute Gasteiger partial charge is 0.293 e. The van der Waals surface area contributed by atoms with Crippen molar-refractivity contribution < 1.29 is 4.79 Å². The Morgan fingerprint density at radius 1 is 1.12 bits per heavy atom. The molecule has 3 rings (SSSR count). The zero-order valence-corrected chi connectivity index (χ0v) is 15.0. The fourth-order valence-electron chi connectivity index (χ4n) is 2.16. The molecule has 0 radical (unpaired) electrons. The quantitative estimate of drug-likeness (QED) is 0.498. The zero-order valence-electron chi connectivity index (χ0n) is 12.7. The Balaban J connectivity index is 1.68. The van der Waals surface area contributed by atoms with Crippen LogP contribution in [0.15, 0.2) is 47.6 Å². The molecule has 7 heteroatoms. The summed E-state index contributed by atoms with van der Waals surface area (Å²) in [7, 11) is 0. The van der Waals surface area contributed by atoms with Crippen LogP contribution < -0.4 is 0 Å². The Morgan fingerprint density at radius 2 is 1.88 bits per heavy atom. The highest BCUT2D eigenvalue weighted by Gasteiger charge is 2.11. The first-order chi connectivity index (χ1) is 11.5. The lowest BCUT2D eigenvalue weighted by Crippen LogP contribution is -2.02. The molecule has 1 aromatic heterocycles. The van der Waals surface area contributed by atoms with Crippen molar-refractivity contribution in [2.24, 2.45) is 0 Å². The van der Waals surface area contributed by atoms with Gasteiger partial charge in [-0.1, -0.05) is 35.0 Å². The molecule has 0 fully saturated rings. The molecule has 0 unspecified atom stereocenters. The molecule has 2 aromatic carbocycles. The Kier molecular flexibility index (Phi) is 5.23. The van der Waals surface area contributed by atoms with Crippen molar-refractivity contribution in [1.29, 1.82) is 0 Å². The average Bonchev–Trinajstić information content (AvgIpc) is 3.01. The first-order valence-corrected chi connectivity index (χ1v) is 8.87. The van der Waals surface area contributed by atoms with Crippen LogP contribution in [-0.4, -0.2) is 26.7 Å². The van der Waals surface area contributed by atoms with Crippen LogP contribution in [0.3, 0.4) is 0 Å². The predicted octanol–water partition coefficient (Wildman–Crippen LogP) is 5.06. The molecular formula is C17H13Cl2N3OS. The van der Waals surface area contributed by atoms with Crippen molar-refractivity contribution in [1.82, 2.24) is 15.2 Å². The summed E-state index contributed by atoms with van der Waals surface area (Å²) in [6, 6.07) is 12.5. The number of aromatic amines is 1. The first-order valence-electron chi connectivity index (χ1n) is 7.13. The van der Waals surface area contributed by atoms with Crippen LogP contribution in [0.1, 0.15) is 15.9 Å². The number of hydrogen-bond donors (Lipinski definition) is 1. The van der Waals surface area contributed by atoms with E-state index in [4.69, 9.17) is 23.2 Å². The van der Waals surface area contributed by atoms with Gasteiger partial charge in [0.2, 0.25) is 5.16 Å². The summed E-state index contributed by atoms with van der Waals surface area (Å²) >= 11 is 13.2. The monoisotopic (exact) mass is 377 g/mol. The zero-order chi connectivity index (χ0) is 17.1. The topological polar surface area (TPSA) is 58.6 Å². The van der Waals surface area contributed by atoms with Gasteiger partial charge in [-0.15, -0.1) is 5.10 Å². The number of ketones is 1. The summed E-state index contributed by atoms with van der Waals surface area (Å²) in [4.78, 5) is 16.6. The van der Waals surface area contributed by atoms with Gasteiger partial charge >= 0.3 is 0 Å². The van der Waals surface area contributed by atoms with Gasteiger partial charge in [0.25, 0.3) is 0 Å². The van der Waals surface area contributed by atoms with Crippen LogP contribution >= 0.6 is 35.0 Å². The molecule has 24 heavy (non-hydrogen) atoms. The third-order valence-corrected chi connectivity index (χ3v) is 4.60. The van der Waals surface area contributed by atoms with E-state index in [1.807, 2.05) is 25.1 Å². The van der Waals surface area contributed by atoms with E-state index >= 15 is 0 Å². The average molecular weight is 378 g/mol. The molecule has 0 aliphatic carbocycles. The number of nitrogens with zero attached hydrogens (tertiary/aromatic N) is 2. The van der Waals surface area contributed by atoms with Crippen molar-refractivity contribution >= 4 is 40.7 Å². The molecule has 0 spiro atoms. The normalized spacial score (nSPS) is 10.8. The number of carbonyl (C=O) groups excluding carboxylic acids is 1. The third-order valence-electron chi connectivity index (χ3n) is 3.28. The SMILES string of the molecule is Cc1cc(Cl)cc(-c2nc(SCC(=O)c3ccc(Cl)cc3)n[nH]2)c1. The lowest BCUT2D eigenvalue weighted by Gasteiger charge is -2.00. The van der Waals surface area contributed by atoms with Crippen LogP contribution in [0.2, 0.25) is 10.0 Å². The second kappa shape index (κ2) is 7.38. The van der Waals surface area contributed by atoms with Crippen molar-refractivity contribution in [2.45, 2.75) is 12.1 Å². The van der Waals surface area contributed by atoms with E-state index < -0.39 is 0 Å². The second-order valence-corrected chi connectivity index (χ2v) is 7.02. The minimum atomic E-state index is 0.00150. The van der Waals surface area contributed by atoms with Gasteiger partial charge in [0, 0.05) is 21.2 Å². The standard InChI is InChI=1S/C17H13Cl2N3OS/c1-10-6-12(8-14(19)7-10)16-20-17(22-21-16)24-9-15(23)11-2-4-13(18)5-3-11/h2-8H,9H2,1H3,(H,20,21,22). The van der Waals surface area contributed by atoms with Crippen LogP contribution in [0, 0.1) is 6.92 Å². The van der Waals surface area contributed by atoms with Gasteiger partial charge in [0.15, 0.2) is 11.6 Å². The number of rotatable bonds is 5. The molecule has 1 N–H and O–H groups in total. The van der Waals surface area contributed by atoms with E-state index in [-0.39, 0.29) is 11.5 Å². The van der Waals surface area contributed by atoms with Gasteiger partial charge in [-0.2, -0.15) is 0 Å². The molecule has 1 heterocycles. The molecule has 0 bridgehead atoms. The maximum atomic E-state index is 12.1. The number of nitrogens with one attached hydrogen (secondary N) is 1. The van der Waals surface area contributed by atoms with E-state index in [2.05, 4.69) is 15.2 Å². The fraction of sp³-hybridized carbons (Fsp3) is 0.118. The summed E-state index contributed by atoms with van der Waals surface area (Å²) in [5.74, 6) is 0.886. The summed E-state index contributed by atoms with van der Waals surface area (Å²) < 4.78 is 0. The number of carbonyl (C=O) groups is 1. The van der Waals surface area contributed by atoms with Gasteiger partial charge in [-0.3, -0.25) is 9.89 Å². The van der Waals surface area contributed by atoms with E-state index in [0.29, 0.717) is 26.6 Å². The Hall–Kier alpha value is -1.82. The molecule has 0 aliphatic heterocycles. The maximum Gasteiger partial charge on any atom is 0.209 e. The van der Waals surface area contributed by atoms with Gasteiger partial charge in [-0.05, 0) is 55.0 Å². The molecule has 0 amide bonds. The Morgan fingerprint density at radius 3 is 2.58 bits per heavy atom. The van der Waals surface area contributed by atoms with Gasteiger partial charge in [0.1, 0.15) is 0 Å². The number of aromatic nitrogens is 3. The van der Waals surface area contributed by atoms with Crippen molar-refractivity contribution in [3.8, 4) is 11.4 Å². The molecule has 0 saturated carbocycles. The molecular weight excluding hydrogens is 365 g/mol. The lowest BCUT2D eigenvalue weighted by atomic mass is 10.1. The van der Waals surface area contributed by atoms with E-state index in [0.717, 1.165) is 11.1 Å². The fourth-order valence-corrected chi connectivity index (χ4v) is 3.27. The van der Waals surface area contributed by atoms with Gasteiger partial charge in [0.05, 0.1) is 5.75 Å². The molecule has 0 aliphatic rings. The number of H-pyrrole nitrogens is 1. The highest BCUT2D eigenvalue weighted by Crippen LogP contribution is 2.24. The molecule has 122 valence electrons. The third kappa shape index (κ3) is 4.17. The minimum Gasteiger partial charge on any atom is -0.293 e. The van der Waals surface area contributed by atoms with Crippen molar-refractivity contribution in [3.63, 3.8) is 0 Å². The van der Waals surface area contributed by atoms with Crippen LogP contribution in [-0.2, 0) is 0 Å². The van der Waals surface area contributed by atoms with E-state index in [1.165, 1.54) is 11.8 Å². The second-order valence-electron chi connectivity index (χ2n) is 5.20. The number of benzene rings is 2. The summed E-state index contributed by atoms with van der Waals surface area (Å²) in [6.07, 6.45) is 0. The Labute approximate surface area is 153 Å².